The Morgan fingerprint density at radius 2 is 1.94 bits per heavy atom. The van der Waals surface area contributed by atoms with Crippen LogP contribution in [0.4, 0.5) is 5.69 Å². The first-order chi connectivity index (χ1) is 8.16. The maximum absolute atomic E-state index is 3.62. The number of rotatable bonds is 3. The van der Waals surface area contributed by atoms with Crippen molar-refractivity contribution in [2.45, 2.75) is 26.7 Å². The quantitative estimate of drug-likeness (QED) is 0.861. The summed E-state index contributed by atoms with van der Waals surface area (Å²) in [5.74, 6) is 0.839. The molecule has 1 heterocycles. The van der Waals surface area contributed by atoms with Gasteiger partial charge in [-0.1, -0.05) is 12.1 Å². The summed E-state index contributed by atoms with van der Waals surface area (Å²) in [5, 5.41) is 3.62. The van der Waals surface area contributed by atoms with E-state index in [0.29, 0.717) is 0 Å². The first-order valence-electron chi connectivity index (χ1n) is 6.65. The van der Waals surface area contributed by atoms with Gasteiger partial charge in [0.2, 0.25) is 0 Å². The number of likely N-dealkylation sites (tertiary alicyclic amines) is 1. The summed E-state index contributed by atoms with van der Waals surface area (Å²) in [5.41, 5.74) is 4.07. The van der Waals surface area contributed by atoms with Gasteiger partial charge in [0.1, 0.15) is 0 Å². The van der Waals surface area contributed by atoms with Crippen molar-refractivity contribution < 1.29 is 0 Å². The number of hydrogen-bond donors (Lipinski definition) is 1. The predicted octanol–water partition coefficient (Wildman–Crippen LogP) is 3.06. The van der Waals surface area contributed by atoms with Crippen LogP contribution in [0.1, 0.15) is 24.0 Å². The minimum absolute atomic E-state index is 0.839. The van der Waals surface area contributed by atoms with Crippen LogP contribution in [0.3, 0.4) is 0 Å². The number of anilines is 1. The number of benzene rings is 1. The van der Waals surface area contributed by atoms with Crippen LogP contribution >= 0.6 is 0 Å². The van der Waals surface area contributed by atoms with Crippen molar-refractivity contribution in [1.29, 1.82) is 0 Å². The van der Waals surface area contributed by atoms with E-state index in [9.17, 15) is 0 Å². The number of aryl methyl sites for hydroxylation is 1. The van der Waals surface area contributed by atoms with Gasteiger partial charge >= 0.3 is 0 Å². The zero-order valence-corrected chi connectivity index (χ0v) is 11.3. The zero-order chi connectivity index (χ0) is 12.3. The summed E-state index contributed by atoms with van der Waals surface area (Å²) < 4.78 is 0. The molecule has 0 bridgehead atoms. The van der Waals surface area contributed by atoms with Gasteiger partial charge in [-0.25, -0.2) is 0 Å². The Balaban J connectivity index is 1.87. The van der Waals surface area contributed by atoms with E-state index in [2.05, 4.69) is 49.3 Å². The van der Waals surface area contributed by atoms with Crippen LogP contribution in [0.5, 0.6) is 0 Å². The fourth-order valence-electron chi connectivity index (χ4n) is 2.46. The first-order valence-corrected chi connectivity index (χ1v) is 6.65. The van der Waals surface area contributed by atoms with Crippen molar-refractivity contribution >= 4 is 5.69 Å². The normalized spacial score (nSPS) is 18.3. The highest BCUT2D eigenvalue weighted by molar-refractivity contribution is 5.53. The highest BCUT2D eigenvalue weighted by Gasteiger charge is 2.16. The molecule has 2 heteroatoms. The van der Waals surface area contributed by atoms with Gasteiger partial charge in [-0.2, -0.15) is 0 Å². The summed E-state index contributed by atoms with van der Waals surface area (Å²) in [6.07, 6.45) is 2.66. The fraction of sp³-hybridized carbons (Fsp3) is 0.600. The number of nitrogens with zero attached hydrogens (tertiary/aromatic N) is 1. The van der Waals surface area contributed by atoms with Gasteiger partial charge in [0.25, 0.3) is 0 Å². The molecule has 0 aromatic heterocycles. The van der Waals surface area contributed by atoms with E-state index >= 15 is 0 Å². The lowest BCUT2D eigenvalue weighted by Crippen LogP contribution is -2.33. The molecule has 1 aromatic rings. The van der Waals surface area contributed by atoms with Crippen LogP contribution < -0.4 is 5.32 Å². The molecule has 0 saturated carbocycles. The van der Waals surface area contributed by atoms with Gasteiger partial charge < -0.3 is 10.2 Å². The smallest absolute Gasteiger partial charge is 0.0372 e. The van der Waals surface area contributed by atoms with E-state index in [0.717, 1.165) is 12.5 Å². The van der Waals surface area contributed by atoms with Gasteiger partial charge in [0, 0.05) is 12.2 Å². The molecule has 1 N–H and O–H groups in total. The lowest BCUT2D eigenvalue weighted by atomic mass is 9.97. The fourth-order valence-corrected chi connectivity index (χ4v) is 2.46. The molecule has 0 radical (unpaired) electrons. The minimum atomic E-state index is 0.839. The number of hydrogen-bond acceptors (Lipinski definition) is 2. The second-order valence-corrected chi connectivity index (χ2v) is 5.38. The Labute approximate surface area is 105 Å². The minimum Gasteiger partial charge on any atom is -0.385 e. The van der Waals surface area contributed by atoms with Crippen LogP contribution in [-0.4, -0.2) is 31.6 Å². The molecule has 1 aliphatic heterocycles. The molecule has 17 heavy (non-hydrogen) atoms. The van der Waals surface area contributed by atoms with Gasteiger partial charge in [-0.3, -0.25) is 0 Å². The maximum Gasteiger partial charge on any atom is 0.0372 e. The third-order valence-corrected chi connectivity index (χ3v) is 4.02. The molecule has 94 valence electrons. The Bertz CT molecular complexity index is 365. The van der Waals surface area contributed by atoms with E-state index in [1.807, 2.05) is 0 Å². The Morgan fingerprint density at radius 3 is 2.65 bits per heavy atom. The summed E-state index contributed by atoms with van der Waals surface area (Å²) in [6, 6.07) is 6.51. The summed E-state index contributed by atoms with van der Waals surface area (Å²) in [7, 11) is 2.22. The van der Waals surface area contributed by atoms with Crippen molar-refractivity contribution in [1.82, 2.24) is 4.90 Å². The first kappa shape index (κ1) is 12.4. The van der Waals surface area contributed by atoms with E-state index in [1.165, 1.54) is 42.7 Å². The molecule has 0 amide bonds. The zero-order valence-electron chi connectivity index (χ0n) is 11.3. The Kier molecular flexibility index (Phi) is 4.06. The molecule has 2 rings (SSSR count). The number of piperidine rings is 1. The van der Waals surface area contributed by atoms with E-state index in [1.54, 1.807) is 0 Å². The third-order valence-electron chi connectivity index (χ3n) is 4.02. The monoisotopic (exact) mass is 232 g/mol. The molecule has 0 atom stereocenters. The molecule has 1 saturated heterocycles. The average molecular weight is 232 g/mol. The lowest BCUT2D eigenvalue weighted by Gasteiger charge is -2.29. The molecular weight excluding hydrogens is 208 g/mol. The van der Waals surface area contributed by atoms with E-state index < -0.39 is 0 Å². The molecule has 2 nitrogen and oxygen atoms in total. The summed E-state index contributed by atoms with van der Waals surface area (Å²) >= 11 is 0. The SMILES string of the molecule is Cc1cccc(NCC2CCN(C)CC2)c1C. The molecule has 1 aromatic carbocycles. The highest BCUT2D eigenvalue weighted by Crippen LogP contribution is 2.21. The van der Waals surface area contributed by atoms with Crippen LogP contribution in [-0.2, 0) is 0 Å². The molecular formula is C15H24N2. The second kappa shape index (κ2) is 5.54. The largest absolute Gasteiger partial charge is 0.385 e. The van der Waals surface area contributed by atoms with Crippen LogP contribution in [0, 0.1) is 19.8 Å². The third kappa shape index (κ3) is 3.22. The van der Waals surface area contributed by atoms with Gasteiger partial charge in [0.05, 0.1) is 0 Å². The standard InChI is InChI=1S/C15H24N2/c1-12-5-4-6-15(13(12)2)16-11-14-7-9-17(3)10-8-14/h4-6,14,16H,7-11H2,1-3H3. The summed E-state index contributed by atoms with van der Waals surface area (Å²) in [6.45, 7) is 8.00. The van der Waals surface area contributed by atoms with Crippen molar-refractivity contribution in [3.05, 3.63) is 29.3 Å². The van der Waals surface area contributed by atoms with Crippen molar-refractivity contribution in [2.75, 3.05) is 32.0 Å². The molecule has 0 aliphatic carbocycles. The van der Waals surface area contributed by atoms with Crippen molar-refractivity contribution in [2.24, 2.45) is 5.92 Å². The lowest BCUT2D eigenvalue weighted by molar-refractivity contribution is 0.226. The Hall–Kier alpha value is -1.02. The van der Waals surface area contributed by atoms with Crippen LogP contribution in [0.15, 0.2) is 18.2 Å². The van der Waals surface area contributed by atoms with Crippen LogP contribution in [0.2, 0.25) is 0 Å². The van der Waals surface area contributed by atoms with E-state index in [-0.39, 0.29) is 0 Å². The van der Waals surface area contributed by atoms with Crippen molar-refractivity contribution in [3.63, 3.8) is 0 Å². The summed E-state index contributed by atoms with van der Waals surface area (Å²) in [4.78, 5) is 2.43. The molecule has 0 spiro atoms. The molecule has 1 fully saturated rings. The van der Waals surface area contributed by atoms with Gasteiger partial charge in [0.15, 0.2) is 0 Å². The van der Waals surface area contributed by atoms with Gasteiger partial charge in [-0.15, -0.1) is 0 Å². The second-order valence-electron chi connectivity index (χ2n) is 5.38. The molecule has 1 aliphatic rings. The van der Waals surface area contributed by atoms with Crippen molar-refractivity contribution in [3.8, 4) is 0 Å². The number of nitrogens with one attached hydrogen (secondary N) is 1. The molecule has 0 unspecified atom stereocenters. The van der Waals surface area contributed by atoms with E-state index in [4.69, 9.17) is 0 Å². The van der Waals surface area contributed by atoms with Gasteiger partial charge in [-0.05, 0) is 69.9 Å². The topological polar surface area (TPSA) is 15.3 Å². The average Bonchev–Trinajstić information content (AvgIpc) is 2.33. The predicted molar refractivity (Wildman–Crippen MR) is 74.6 cm³/mol. The highest BCUT2D eigenvalue weighted by atomic mass is 15.1. The Morgan fingerprint density at radius 1 is 1.24 bits per heavy atom. The van der Waals surface area contributed by atoms with Crippen LogP contribution in [0.25, 0.3) is 0 Å². The maximum atomic E-state index is 3.62.